The van der Waals surface area contributed by atoms with Gasteiger partial charge in [-0.15, -0.1) is 0 Å². The maximum Gasteiger partial charge on any atom is 0.125 e. The third-order valence-corrected chi connectivity index (χ3v) is 5.56. The molecule has 32 heavy (non-hydrogen) atoms. The predicted molar refractivity (Wildman–Crippen MR) is 122 cm³/mol. The first-order chi connectivity index (χ1) is 15.8. The number of nitrogens with one attached hydrogen (secondary N) is 1. The van der Waals surface area contributed by atoms with Gasteiger partial charge in [-0.05, 0) is 16.7 Å². The summed E-state index contributed by atoms with van der Waals surface area (Å²) in [6.45, 7) is 1.81. The smallest absolute Gasteiger partial charge is 0.125 e. The molecule has 1 heterocycles. The van der Waals surface area contributed by atoms with E-state index in [9.17, 15) is 5.26 Å². The quantitative estimate of drug-likeness (QED) is 0.523. The van der Waals surface area contributed by atoms with Crippen LogP contribution in [-0.4, -0.2) is 30.9 Å². The number of benzene rings is 3. The van der Waals surface area contributed by atoms with Crippen molar-refractivity contribution in [1.29, 1.82) is 5.26 Å². The second-order valence-electron chi connectivity index (χ2n) is 7.90. The third-order valence-electron chi connectivity index (χ3n) is 5.56. The average Bonchev–Trinajstić information content (AvgIpc) is 3.19. The van der Waals surface area contributed by atoms with Gasteiger partial charge in [-0.2, -0.15) is 5.26 Å². The van der Waals surface area contributed by atoms with Crippen LogP contribution in [0.3, 0.4) is 0 Å². The van der Waals surface area contributed by atoms with E-state index in [1.54, 1.807) is 0 Å². The maximum atomic E-state index is 9.77. The lowest BCUT2D eigenvalue weighted by atomic mass is 10.1. The summed E-state index contributed by atoms with van der Waals surface area (Å²) < 4.78 is 18.5. The van der Waals surface area contributed by atoms with E-state index in [0.29, 0.717) is 26.4 Å². The van der Waals surface area contributed by atoms with Crippen LogP contribution in [0.25, 0.3) is 0 Å². The number of hydrogen-bond acceptors (Lipinski definition) is 5. The number of nitrogens with zero attached hydrogens (tertiary/aromatic N) is 1. The fourth-order valence-electron chi connectivity index (χ4n) is 3.91. The molecule has 3 aromatic carbocycles. The van der Waals surface area contributed by atoms with Crippen molar-refractivity contribution in [2.45, 2.75) is 44.1 Å². The van der Waals surface area contributed by atoms with Crippen LogP contribution in [0.1, 0.15) is 16.7 Å². The number of ether oxygens (including phenoxy) is 3. The molecule has 0 bridgehead atoms. The van der Waals surface area contributed by atoms with Gasteiger partial charge in [0.05, 0.1) is 38.5 Å². The van der Waals surface area contributed by atoms with Gasteiger partial charge in [0, 0.05) is 0 Å². The molecule has 0 saturated carbocycles. The van der Waals surface area contributed by atoms with Crippen molar-refractivity contribution in [3.8, 4) is 6.07 Å². The molecule has 5 nitrogen and oxygen atoms in total. The Morgan fingerprint density at radius 2 is 1.12 bits per heavy atom. The highest BCUT2D eigenvalue weighted by atomic mass is 16.5. The largest absolute Gasteiger partial charge is 0.375 e. The molecule has 1 saturated heterocycles. The van der Waals surface area contributed by atoms with E-state index < -0.39 is 12.1 Å². The summed E-state index contributed by atoms with van der Waals surface area (Å²) >= 11 is 0. The fraction of sp³-hybridized carbons (Fsp3) is 0.296. The maximum absolute atomic E-state index is 9.77. The third kappa shape index (κ3) is 6.03. The van der Waals surface area contributed by atoms with Gasteiger partial charge in [0.2, 0.25) is 0 Å². The molecule has 164 valence electrons. The molecule has 0 aromatic heterocycles. The minimum atomic E-state index is -0.468. The molecular weight excluding hydrogens is 400 g/mol. The van der Waals surface area contributed by atoms with Crippen molar-refractivity contribution in [1.82, 2.24) is 5.32 Å². The lowest BCUT2D eigenvalue weighted by molar-refractivity contribution is -0.0824. The highest BCUT2D eigenvalue weighted by molar-refractivity contribution is 5.17. The molecule has 1 N–H and O–H groups in total. The lowest BCUT2D eigenvalue weighted by Gasteiger charge is -2.25. The van der Waals surface area contributed by atoms with E-state index in [2.05, 4.69) is 11.4 Å². The summed E-state index contributed by atoms with van der Waals surface area (Å²) in [4.78, 5) is 0. The summed E-state index contributed by atoms with van der Waals surface area (Å²) in [5.74, 6) is 0. The Bertz CT molecular complexity index is 976. The zero-order valence-corrected chi connectivity index (χ0v) is 18.0. The molecule has 1 fully saturated rings. The molecule has 4 rings (SSSR count). The van der Waals surface area contributed by atoms with Gasteiger partial charge in [-0.1, -0.05) is 91.0 Å². The first-order valence-corrected chi connectivity index (χ1v) is 10.9. The predicted octanol–water partition coefficient (Wildman–Crippen LogP) is 4.24. The van der Waals surface area contributed by atoms with E-state index in [-0.39, 0.29) is 12.1 Å². The number of nitriles is 1. The Kier molecular flexibility index (Phi) is 8.02. The molecule has 5 heteroatoms. The van der Waals surface area contributed by atoms with Crippen LogP contribution in [0.5, 0.6) is 0 Å². The summed E-state index contributed by atoms with van der Waals surface area (Å²) in [6.07, 6.45) is -0.700. The summed E-state index contributed by atoms with van der Waals surface area (Å²) in [5.41, 5.74) is 3.26. The Balaban J connectivity index is 1.43. The van der Waals surface area contributed by atoms with Gasteiger partial charge in [0.15, 0.2) is 0 Å². The first-order valence-electron chi connectivity index (χ1n) is 10.9. The van der Waals surface area contributed by atoms with Gasteiger partial charge in [0.25, 0.3) is 0 Å². The number of rotatable bonds is 10. The number of hydrogen-bond donors (Lipinski definition) is 1. The van der Waals surface area contributed by atoms with Crippen LogP contribution < -0.4 is 5.32 Å². The van der Waals surface area contributed by atoms with Crippen LogP contribution >= 0.6 is 0 Å². The molecular formula is C27H28N2O3. The Labute approximate surface area is 189 Å². The zero-order valence-electron chi connectivity index (χ0n) is 18.0. The second kappa shape index (κ2) is 11.6. The molecule has 0 unspecified atom stereocenters. The van der Waals surface area contributed by atoms with Crippen molar-refractivity contribution >= 4 is 0 Å². The second-order valence-corrected chi connectivity index (χ2v) is 7.90. The lowest BCUT2D eigenvalue weighted by Crippen LogP contribution is -2.40. The first kappa shape index (κ1) is 22.2. The Morgan fingerprint density at radius 1 is 0.656 bits per heavy atom. The van der Waals surface area contributed by atoms with Crippen LogP contribution in [-0.2, 0) is 34.0 Å². The molecule has 3 aromatic rings. The van der Waals surface area contributed by atoms with Gasteiger partial charge in [0.1, 0.15) is 18.2 Å². The molecule has 1 aliphatic heterocycles. The van der Waals surface area contributed by atoms with Gasteiger partial charge >= 0.3 is 0 Å². The van der Waals surface area contributed by atoms with Crippen molar-refractivity contribution in [3.63, 3.8) is 0 Å². The highest BCUT2D eigenvalue weighted by Gasteiger charge is 2.45. The van der Waals surface area contributed by atoms with E-state index in [1.807, 2.05) is 91.0 Å². The van der Waals surface area contributed by atoms with Crippen LogP contribution in [0, 0.1) is 11.3 Å². The summed E-state index contributed by atoms with van der Waals surface area (Å²) in [6, 6.07) is 31.8. The monoisotopic (exact) mass is 428 g/mol. The standard InChI is InChI=1S/C27H28N2O3/c28-16-24-26(31-18-22-12-6-2-7-13-22)27(32-19-23-14-8-3-9-15-23)25(29-24)20-30-17-21-10-4-1-5-11-21/h1-15,24-27,29H,17-20H2/t24-,25-,26-,27+/m1/s1. The van der Waals surface area contributed by atoms with Crippen LogP contribution in [0.15, 0.2) is 91.0 Å². The minimum Gasteiger partial charge on any atom is -0.375 e. The topological polar surface area (TPSA) is 63.5 Å². The molecule has 0 aliphatic carbocycles. The molecule has 0 amide bonds. The average molecular weight is 429 g/mol. The molecule has 0 radical (unpaired) electrons. The Morgan fingerprint density at radius 3 is 1.62 bits per heavy atom. The summed E-state index contributed by atoms with van der Waals surface area (Å²) in [7, 11) is 0. The van der Waals surface area contributed by atoms with Gasteiger partial charge in [-0.25, -0.2) is 0 Å². The normalized spacial score (nSPS) is 22.5. The van der Waals surface area contributed by atoms with Crippen molar-refractivity contribution < 1.29 is 14.2 Å². The van der Waals surface area contributed by atoms with Crippen LogP contribution in [0.2, 0.25) is 0 Å². The van der Waals surface area contributed by atoms with E-state index in [0.717, 1.165) is 16.7 Å². The van der Waals surface area contributed by atoms with Gasteiger partial charge < -0.3 is 14.2 Å². The van der Waals surface area contributed by atoms with Crippen LogP contribution in [0.4, 0.5) is 0 Å². The SMILES string of the molecule is N#C[C@H]1N[C@H](COCc2ccccc2)[C@H](OCc2ccccc2)[C@@H]1OCc1ccccc1. The Hall–Kier alpha value is -3.01. The zero-order chi connectivity index (χ0) is 22.0. The van der Waals surface area contributed by atoms with E-state index in [4.69, 9.17) is 14.2 Å². The fourth-order valence-corrected chi connectivity index (χ4v) is 3.91. The summed E-state index contributed by atoms with van der Waals surface area (Å²) in [5, 5.41) is 13.1. The molecule has 0 spiro atoms. The van der Waals surface area contributed by atoms with Crippen molar-refractivity contribution in [2.24, 2.45) is 0 Å². The van der Waals surface area contributed by atoms with E-state index in [1.165, 1.54) is 0 Å². The van der Waals surface area contributed by atoms with Gasteiger partial charge in [-0.3, -0.25) is 5.32 Å². The van der Waals surface area contributed by atoms with Crippen molar-refractivity contribution in [3.05, 3.63) is 108 Å². The van der Waals surface area contributed by atoms with E-state index >= 15 is 0 Å². The van der Waals surface area contributed by atoms with Crippen molar-refractivity contribution in [2.75, 3.05) is 6.61 Å². The molecule has 4 atom stereocenters. The molecule has 1 aliphatic rings. The highest BCUT2D eigenvalue weighted by Crippen LogP contribution is 2.24. The minimum absolute atomic E-state index is 0.146.